The van der Waals surface area contributed by atoms with Gasteiger partial charge in [-0.25, -0.2) is 0 Å². The second kappa shape index (κ2) is 9.75. The van der Waals surface area contributed by atoms with Crippen LogP contribution < -0.4 is 5.30 Å². The van der Waals surface area contributed by atoms with Gasteiger partial charge in [0.15, 0.2) is 5.78 Å². The Morgan fingerprint density at radius 1 is 1.11 bits per heavy atom. The summed E-state index contributed by atoms with van der Waals surface area (Å²) in [5.41, 5.74) is 4.93. The number of allylic oxidation sites excluding steroid dienone is 4. The normalized spacial score (nSPS) is 33.5. The SMILES string of the molecule is C=C(C)[C@]1(O)CC[C@H]2[C@@H]3CCC4=CC(=O)CCC4=C3[C@@H](c3ccc(P(=O)(OCC)OCC)cc3)C[C@@]21C. The van der Waals surface area contributed by atoms with Gasteiger partial charge in [-0.1, -0.05) is 31.2 Å². The lowest BCUT2D eigenvalue weighted by Crippen LogP contribution is -2.52. The number of benzene rings is 1. The zero-order valence-corrected chi connectivity index (χ0v) is 23.6. The van der Waals surface area contributed by atoms with Gasteiger partial charge >= 0.3 is 7.60 Å². The molecule has 6 heteroatoms. The Bertz CT molecular complexity index is 1200. The molecule has 37 heavy (non-hydrogen) atoms. The van der Waals surface area contributed by atoms with Crippen LogP contribution in [0.3, 0.4) is 0 Å². The summed E-state index contributed by atoms with van der Waals surface area (Å²) in [6.45, 7) is 12.7. The van der Waals surface area contributed by atoms with Crippen molar-refractivity contribution in [3.8, 4) is 0 Å². The molecule has 5 atom stereocenters. The van der Waals surface area contributed by atoms with Crippen molar-refractivity contribution < 1.29 is 23.5 Å². The molecule has 5 nitrogen and oxygen atoms in total. The molecule has 1 aromatic carbocycles. The number of hydrogen-bond acceptors (Lipinski definition) is 5. The van der Waals surface area contributed by atoms with Gasteiger partial charge in [0.1, 0.15) is 0 Å². The van der Waals surface area contributed by atoms with E-state index >= 15 is 0 Å². The second-order valence-electron chi connectivity index (χ2n) is 11.6. The van der Waals surface area contributed by atoms with Crippen LogP contribution in [0.5, 0.6) is 0 Å². The summed E-state index contributed by atoms with van der Waals surface area (Å²) in [6, 6.07) is 7.92. The molecule has 0 unspecified atom stereocenters. The largest absolute Gasteiger partial charge is 0.385 e. The summed E-state index contributed by atoms with van der Waals surface area (Å²) in [4.78, 5) is 12.3. The van der Waals surface area contributed by atoms with E-state index in [0.29, 0.717) is 36.8 Å². The highest BCUT2D eigenvalue weighted by Gasteiger charge is 2.63. The summed E-state index contributed by atoms with van der Waals surface area (Å²) < 4.78 is 24.5. The van der Waals surface area contributed by atoms with Crippen LogP contribution in [0.4, 0.5) is 0 Å². The predicted molar refractivity (Wildman–Crippen MR) is 147 cm³/mol. The fraction of sp³-hybridized carbons (Fsp3) is 0.581. The van der Waals surface area contributed by atoms with Crippen LogP contribution in [0, 0.1) is 17.3 Å². The Morgan fingerprint density at radius 2 is 1.78 bits per heavy atom. The summed E-state index contributed by atoms with van der Waals surface area (Å²) in [5, 5.41) is 12.5. The van der Waals surface area contributed by atoms with Crippen molar-refractivity contribution in [2.75, 3.05) is 13.2 Å². The van der Waals surface area contributed by atoms with Crippen molar-refractivity contribution >= 4 is 18.7 Å². The van der Waals surface area contributed by atoms with Gasteiger partial charge in [-0.3, -0.25) is 9.36 Å². The topological polar surface area (TPSA) is 72.8 Å². The molecule has 0 heterocycles. The molecule has 5 rings (SSSR count). The number of aliphatic hydroxyl groups is 1. The molecule has 0 amide bonds. The Morgan fingerprint density at radius 3 is 2.41 bits per heavy atom. The fourth-order valence-electron chi connectivity index (χ4n) is 8.08. The maximum absolute atomic E-state index is 13.4. The van der Waals surface area contributed by atoms with Crippen molar-refractivity contribution in [2.24, 2.45) is 17.3 Å². The van der Waals surface area contributed by atoms with Crippen LogP contribution >= 0.6 is 7.60 Å². The Balaban J connectivity index is 1.62. The molecule has 0 bridgehead atoms. The number of rotatable bonds is 7. The van der Waals surface area contributed by atoms with E-state index in [2.05, 4.69) is 25.6 Å². The van der Waals surface area contributed by atoms with Gasteiger partial charge in [0, 0.05) is 17.8 Å². The minimum atomic E-state index is -3.37. The molecule has 0 saturated heterocycles. The molecular weight excluding hydrogens is 483 g/mol. The highest BCUT2D eigenvalue weighted by molar-refractivity contribution is 7.62. The van der Waals surface area contributed by atoms with Gasteiger partial charge in [0.25, 0.3) is 0 Å². The lowest BCUT2D eigenvalue weighted by Gasteiger charge is -2.55. The van der Waals surface area contributed by atoms with Gasteiger partial charge in [-0.2, -0.15) is 0 Å². The standard InChI is InChI=1S/C31H41O5P/c1-6-35-37(34,36-7-2)24-12-8-21(9-13-24)27-19-30(5)28(16-17-31(30,33)20(3)4)26-14-10-22-18-23(32)11-15-25(22)29(26)27/h8-9,12-13,18,26-28,33H,3,6-7,10-11,14-17,19H2,1-2,4-5H3/t26-,27+,28-,30-,31+/m0/s1. The van der Waals surface area contributed by atoms with E-state index < -0.39 is 13.2 Å². The minimum Gasteiger partial charge on any atom is -0.385 e. The monoisotopic (exact) mass is 524 g/mol. The van der Waals surface area contributed by atoms with E-state index in [9.17, 15) is 14.5 Å². The third kappa shape index (κ3) is 4.18. The molecule has 4 aliphatic carbocycles. The van der Waals surface area contributed by atoms with Crippen LogP contribution in [0.15, 0.2) is 59.2 Å². The predicted octanol–water partition coefficient (Wildman–Crippen LogP) is 6.78. The van der Waals surface area contributed by atoms with E-state index in [0.717, 1.165) is 49.7 Å². The quantitative estimate of drug-likeness (QED) is 0.314. The summed E-state index contributed by atoms with van der Waals surface area (Å²) >= 11 is 0. The summed E-state index contributed by atoms with van der Waals surface area (Å²) in [7, 11) is -3.37. The lowest BCUT2D eigenvalue weighted by molar-refractivity contribution is -0.114. The zero-order valence-electron chi connectivity index (χ0n) is 22.7. The molecule has 0 radical (unpaired) electrons. The average Bonchev–Trinajstić information content (AvgIpc) is 3.15. The Kier molecular flexibility index (Phi) is 7.07. The van der Waals surface area contributed by atoms with Gasteiger partial charge < -0.3 is 14.2 Å². The zero-order chi connectivity index (χ0) is 26.6. The van der Waals surface area contributed by atoms with Crippen molar-refractivity contribution in [2.45, 2.75) is 84.2 Å². The first-order valence-corrected chi connectivity index (χ1v) is 15.5. The number of hydrogen-bond donors (Lipinski definition) is 1. The number of ketones is 1. The van der Waals surface area contributed by atoms with Crippen molar-refractivity contribution in [3.63, 3.8) is 0 Å². The summed E-state index contributed by atoms with van der Waals surface area (Å²) in [6.07, 6.45) is 7.79. The van der Waals surface area contributed by atoms with Crippen LogP contribution in [-0.2, 0) is 18.4 Å². The number of fused-ring (bicyclic) bond motifs is 4. The molecule has 1 N–H and O–H groups in total. The smallest absolute Gasteiger partial charge is 0.361 e. The number of carbonyl (C=O) groups is 1. The van der Waals surface area contributed by atoms with Crippen LogP contribution in [0.1, 0.15) is 84.1 Å². The first-order valence-electron chi connectivity index (χ1n) is 13.9. The lowest BCUT2D eigenvalue weighted by atomic mass is 9.50. The molecule has 0 spiro atoms. The fourth-order valence-corrected chi connectivity index (χ4v) is 9.65. The van der Waals surface area contributed by atoms with E-state index in [-0.39, 0.29) is 17.1 Å². The highest BCUT2D eigenvalue weighted by Crippen LogP contribution is 2.67. The first-order chi connectivity index (χ1) is 17.6. The number of carbonyl (C=O) groups excluding carboxylic acids is 1. The molecular formula is C31H41O5P. The van der Waals surface area contributed by atoms with E-state index in [1.165, 1.54) is 16.7 Å². The van der Waals surface area contributed by atoms with Crippen molar-refractivity contribution in [1.82, 2.24) is 0 Å². The highest BCUT2D eigenvalue weighted by atomic mass is 31.2. The maximum Gasteiger partial charge on any atom is 0.361 e. The van der Waals surface area contributed by atoms with Crippen LogP contribution in [-0.4, -0.2) is 29.7 Å². The Labute approximate surface area is 221 Å². The van der Waals surface area contributed by atoms with E-state index in [4.69, 9.17) is 9.05 Å². The molecule has 1 aromatic rings. The summed E-state index contributed by atoms with van der Waals surface area (Å²) in [5.74, 6) is 1.13. The van der Waals surface area contributed by atoms with Crippen LogP contribution in [0.25, 0.3) is 0 Å². The van der Waals surface area contributed by atoms with Gasteiger partial charge in [0.2, 0.25) is 0 Å². The average molecular weight is 525 g/mol. The third-order valence-corrected chi connectivity index (χ3v) is 11.9. The molecule has 0 aliphatic heterocycles. The van der Waals surface area contributed by atoms with E-state index in [1.54, 1.807) is 0 Å². The molecule has 4 aliphatic rings. The molecule has 200 valence electrons. The molecule has 2 fully saturated rings. The van der Waals surface area contributed by atoms with Crippen molar-refractivity contribution in [1.29, 1.82) is 0 Å². The van der Waals surface area contributed by atoms with Crippen molar-refractivity contribution in [3.05, 3.63) is 64.8 Å². The van der Waals surface area contributed by atoms with Gasteiger partial charge in [-0.05, 0) is 112 Å². The first kappa shape index (κ1) is 26.8. The van der Waals surface area contributed by atoms with Gasteiger partial charge in [-0.15, -0.1) is 0 Å². The maximum atomic E-state index is 13.4. The molecule has 2 saturated carbocycles. The Hall–Kier alpha value is -1.78. The third-order valence-electron chi connectivity index (χ3n) is 9.80. The minimum absolute atomic E-state index is 0.120. The second-order valence-corrected chi connectivity index (χ2v) is 13.6. The van der Waals surface area contributed by atoms with E-state index in [1.807, 2.05) is 39.0 Å². The van der Waals surface area contributed by atoms with Gasteiger partial charge in [0.05, 0.1) is 24.1 Å². The van der Waals surface area contributed by atoms with Crippen LogP contribution in [0.2, 0.25) is 0 Å². The molecule has 0 aromatic heterocycles.